The van der Waals surface area contributed by atoms with E-state index in [0.717, 1.165) is 13.1 Å². The average Bonchev–Trinajstić information content (AvgIpc) is 2.26. The van der Waals surface area contributed by atoms with Crippen molar-refractivity contribution >= 4 is 0 Å². The lowest BCUT2D eigenvalue weighted by atomic mass is 10.3. The second-order valence-corrected chi connectivity index (χ2v) is 4.20. The molecule has 0 fully saturated rings. The molecule has 0 aromatic heterocycles. The molecular weight excluding hydrogens is 212 g/mol. The van der Waals surface area contributed by atoms with E-state index in [1.165, 1.54) is 0 Å². The molecule has 0 spiro atoms. The van der Waals surface area contributed by atoms with E-state index < -0.39 is 12.2 Å². The van der Waals surface area contributed by atoms with Gasteiger partial charge >= 0.3 is 0 Å². The summed E-state index contributed by atoms with van der Waals surface area (Å²) in [4.78, 5) is 3.81. The molecular formula is C10H24N2O4. The van der Waals surface area contributed by atoms with E-state index in [4.69, 9.17) is 10.2 Å². The van der Waals surface area contributed by atoms with Gasteiger partial charge in [0.25, 0.3) is 0 Å². The molecule has 0 aliphatic carbocycles. The molecule has 0 saturated carbocycles. The van der Waals surface area contributed by atoms with Gasteiger partial charge < -0.3 is 30.2 Å². The van der Waals surface area contributed by atoms with Crippen molar-refractivity contribution in [2.45, 2.75) is 12.2 Å². The molecule has 0 saturated heterocycles. The Balaban J connectivity index is 3.62. The Bertz CT molecular complexity index is 153. The Morgan fingerprint density at radius 1 is 0.812 bits per heavy atom. The number of aliphatic hydroxyl groups excluding tert-OH is 4. The standard InChI is InChI=1S/C10H24N2O4/c1-11(5-9(15)7-13)3-4-12(2)6-10(16)8-14/h9-10,13-16H,3-8H2,1-2H3. The molecule has 0 rings (SSSR count). The van der Waals surface area contributed by atoms with Crippen molar-refractivity contribution < 1.29 is 20.4 Å². The van der Waals surface area contributed by atoms with Crippen LogP contribution in [0.25, 0.3) is 0 Å². The van der Waals surface area contributed by atoms with Gasteiger partial charge in [-0.25, -0.2) is 0 Å². The van der Waals surface area contributed by atoms with Gasteiger partial charge in [0, 0.05) is 26.2 Å². The molecule has 98 valence electrons. The Hall–Kier alpha value is -0.240. The van der Waals surface area contributed by atoms with Gasteiger partial charge in [-0.05, 0) is 14.1 Å². The van der Waals surface area contributed by atoms with Gasteiger partial charge in [0.2, 0.25) is 0 Å². The van der Waals surface area contributed by atoms with Crippen LogP contribution in [0.2, 0.25) is 0 Å². The van der Waals surface area contributed by atoms with Crippen LogP contribution in [0.5, 0.6) is 0 Å². The number of aliphatic hydroxyl groups is 4. The average molecular weight is 236 g/mol. The first-order valence-electron chi connectivity index (χ1n) is 5.44. The highest BCUT2D eigenvalue weighted by Gasteiger charge is 2.09. The second-order valence-electron chi connectivity index (χ2n) is 4.20. The first kappa shape index (κ1) is 15.8. The van der Waals surface area contributed by atoms with Crippen LogP contribution in [0.1, 0.15) is 0 Å². The molecule has 0 bridgehead atoms. The molecule has 0 aliphatic heterocycles. The first-order valence-corrected chi connectivity index (χ1v) is 5.44. The van der Waals surface area contributed by atoms with Gasteiger partial charge in [0.15, 0.2) is 0 Å². The zero-order chi connectivity index (χ0) is 12.6. The van der Waals surface area contributed by atoms with Crippen molar-refractivity contribution in [3.63, 3.8) is 0 Å². The Morgan fingerprint density at radius 2 is 1.12 bits per heavy atom. The maximum Gasteiger partial charge on any atom is 0.0897 e. The maximum absolute atomic E-state index is 9.20. The predicted octanol–water partition coefficient (Wildman–Crippen LogP) is -2.44. The minimum Gasteiger partial charge on any atom is -0.394 e. The van der Waals surface area contributed by atoms with Crippen molar-refractivity contribution in [1.29, 1.82) is 0 Å². The van der Waals surface area contributed by atoms with Crippen LogP contribution >= 0.6 is 0 Å². The van der Waals surface area contributed by atoms with Gasteiger partial charge in [0.05, 0.1) is 25.4 Å². The van der Waals surface area contributed by atoms with E-state index in [1.807, 2.05) is 23.9 Å². The van der Waals surface area contributed by atoms with E-state index in [2.05, 4.69) is 0 Å². The normalized spacial score (nSPS) is 15.8. The number of hydrogen-bond donors (Lipinski definition) is 4. The molecule has 0 radical (unpaired) electrons. The molecule has 0 heterocycles. The first-order chi connectivity index (χ1) is 7.49. The van der Waals surface area contributed by atoms with Crippen LogP contribution in [0.4, 0.5) is 0 Å². The third-order valence-electron chi connectivity index (χ3n) is 2.33. The molecule has 6 heteroatoms. The highest BCUT2D eigenvalue weighted by Crippen LogP contribution is 1.92. The van der Waals surface area contributed by atoms with Crippen LogP contribution in [-0.4, -0.2) is 95.9 Å². The molecule has 2 atom stereocenters. The zero-order valence-electron chi connectivity index (χ0n) is 10.1. The largest absolute Gasteiger partial charge is 0.394 e. The highest BCUT2D eigenvalue weighted by atomic mass is 16.3. The van der Waals surface area contributed by atoms with Crippen LogP contribution in [-0.2, 0) is 0 Å². The fourth-order valence-electron chi connectivity index (χ4n) is 1.36. The second kappa shape index (κ2) is 8.86. The molecule has 2 unspecified atom stereocenters. The summed E-state index contributed by atoms with van der Waals surface area (Å²) in [5, 5.41) is 35.7. The summed E-state index contributed by atoms with van der Waals surface area (Å²) in [6.07, 6.45) is -1.42. The SMILES string of the molecule is CN(CCN(C)CC(O)CO)CC(O)CO. The summed E-state index contributed by atoms with van der Waals surface area (Å²) in [7, 11) is 3.71. The van der Waals surface area contributed by atoms with E-state index in [-0.39, 0.29) is 13.2 Å². The van der Waals surface area contributed by atoms with Crippen molar-refractivity contribution in [3.8, 4) is 0 Å². The molecule has 6 nitrogen and oxygen atoms in total. The Kier molecular flexibility index (Phi) is 8.73. The summed E-state index contributed by atoms with van der Waals surface area (Å²) in [5.41, 5.74) is 0. The summed E-state index contributed by atoms with van der Waals surface area (Å²) in [5.74, 6) is 0. The number of hydrogen-bond acceptors (Lipinski definition) is 6. The van der Waals surface area contributed by atoms with Crippen molar-refractivity contribution in [2.24, 2.45) is 0 Å². The van der Waals surface area contributed by atoms with Gasteiger partial charge in [-0.3, -0.25) is 0 Å². The third kappa shape index (κ3) is 7.98. The molecule has 0 aliphatic rings. The summed E-state index contributed by atoms with van der Waals surface area (Å²) >= 11 is 0. The fourth-order valence-corrected chi connectivity index (χ4v) is 1.36. The predicted molar refractivity (Wildman–Crippen MR) is 61.2 cm³/mol. The summed E-state index contributed by atoms with van der Waals surface area (Å²) in [6.45, 7) is 1.84. The van der Waals surface area contributed by atoms with Gasteiger partial charge in [-0.1, -0.05) is 0 Å². The lowest BCUT2D eigenvalue weighted by Gasteiger charge is -2.24. The lowest BCUT2D eigenvalue weighted by molar-refractivity contribution is 0.0532. The minimum absolute atomic E-state index is 0.233. The zero-order valence-corrected chi connectivity index (χ0v) is 10.1. The van der Waals surface area contributed by atoms with E-state index in [9.17, 15) is 10.2 Å². The van der Waals surface area contributed by atoms with E-state index in [1.54, 1.807) is 0 Å². The van der Waals surface area contributed by atoms with Gasteiger partial charge in [-0.2, -0.15) is 0 Å². The molecule has 4 N–H and O–H groups in total. The quantitative estimate of drug-likeness (QED) is 0.356. The maximum atomic E-state index is 9.20. The molecule has 16 heavy (non-hydrogen) atoms. The number of likely N-dealkylation sites (N-methyl/N-ethyl adjacent to an activating group) is 2. The van der Waals surface area contributed by atoms with Crippen molar-refractivity contribution in [2.75, 3.05) is 53.5 Å². The Morgan fingerprint density at radius 3 is 1.38 bits per heavy atom. The summed E-state index contributed by atoms with van der Waals surface area (Å²) in [6, 6.07) is 0. The van der Waals surface area contributed by atoms with Crippen molar-refractivity contribution in [3.05, 3.63) is 0 Å². The van der Waals surface area contributed by atoms with Gasteiger partial charge in [-0.15, -0.1) is 0 Å². The Labute approximate surface area is 96.7 Å². The number of nitrogens with zero attached hydrogens (tertiary/aromatic N) is 2. The van der Waals surface area contributed by atoms with Crippen LogP contribution in [0.3, 0.4) is 0 Å². The van der Waals surface area contributed by atoms with Crippen LogP contribution in [0, 0.1) is 0 Å². The number of rotatable bonds is 9. The van der Waals surface area contributed by atoms with Gasteiger partial charge in [0.1, 0.15) is 0 Å². The van der Waals surface area contributed by atoms with Crippen LogP contribution < -0.4 is 0 Å². The minimum atomic E-state index is -0.710. The third-order valence-corrected chi connectivity index (χ3v) is 2.33. The monoisotopic (exact) mass is 236 g/mol. The van der Waals surface area contributed by atoms with Crippen LogP contribution in [0.15, 0.2) is 0 Å². The highest BCUT2D eigenvalue weighted by molar-refractivity contribution is 4.64. The molecule has 0 aromatic rings. The van der Waals surface area contributed by atoms with E-state index >= 15 is 0 Å². The fraction of sp³-hybridized carbons (Fsp3) is 1.00. The summed E-state index contributed by atoms with van der Waals surface area (Å²) < 4.78 is 0. The van der Waals surface area contributed by atoms with Crippen molar-refractivity contribution in [1.82, 2.24) is 9.80 Å². The smallest absolute Gasteiger partial charge is 0.0897 e. The molecule has 0 amide bonds. The lowest BCUT2D eigenvalue weighted by Crippen LogP contribution is -2.39. The van der Waals surface area contributed by atoms with E-state index in [0.29, 0.717) is 13.1 Å². The topological polar surface area (TPSA) is 87.4 Å². The molecule has 0 aromatic carbocycles.